The lowest BCUT2D eigenvalue weighted by Crippen LogP contribution is -2.09. The number of nitrogens with zero attached hydrogens (tertiary/aromatic N) is 1. The van der Waals surface area contributed by atoms with E-state index in [0.717, 1.165) is 6.07 Å². The van der Waals surface area contributed by atoms with Gasteiger partial charge >= 0.3 is 6.18 Å². The molecule has 1 aromatic heterocycles. The molecule has 0 aliphatic rings. The summed E-state index contributed by atoms with van der Waals surface area (Å²) in [5.41, 5.74) is -0.356. The maximum Gasteiger partial charge on any atom is 0.433 e. The van der Waals surface area contributed by atoms with Crippen molar-refractivity contribution in [1.29, 1.82) is 0 Å². The zero-order valence-corrected chi connectivity index (χ0v) is 7.43. The molecule has 0 aliphatic heterocycles. The molecule has 76 valence electrons. The van der Waals surface area contributed by atoms with Gasteiger partial charge in [-0.05, 0) is 24.6 Å². The number of rotatable bonds is 2. The molecule has 0 bridgehead atoms. The first-order chi connectivity index (χ1) is 6.43. The van der Waals surface area contributed by atoms with Gasteiger partial charge in [0.1, 0.15) is 12.0 Å². The van der Waals surface area contributed by atoms with Gasteiger partial charge in [-0.1, -0.05) is 0 Å². The first-order valence-corrected chi connectivity index (χ1v) is 3.92. The number of alkyl halides is 3. The fourth-order valence-corrected chi connectivity index (χ4v) is 1.10. The summed E-state index contributed by atoms with van der Waals surface area (Å²) in [5, 5.41) is 0. The highest BCUT2D eigenvalue weighted by atomic mass is 19.4. The summed E-state index contributed by atoms with van der Waals surface area (Å²) in [6.07, 6.45) is -3.91. The van der Waals surface area contributed by atoms with Crippen LogP contribution in [0.3, 0.4) is 0 Å². The minimum Gasteiger partial charge on any atom is -0.303 e. The van der Waals surface area contributed by atoms with E-state index in [-0.39, 0.29) is 12.1 Å². The van der Waals surface area contributed by atoms with Crippen molar-refractivity contribution in [3.8, 4) is 0 Å². The molecule has 2 nitrogen and oxygen atoms in total. The second-order valence-corrected chi connectivity index (χ2v) is 2.87. The average molecular weight is 203 g/mol. The van der Waals surface area contributed by atoms with E-state index < -0.39 is 11.9 Å². The Morgan fingerprint density at radius 3 is 2.57 bits per heavy atom. The van der Waals surface area contributed by atoms with Crippen LogP contribution in [-0.2, 0) is 17.4 Å². The molecule has 0 atom stereocenters. The van der Waals surface area contributed by atoms with Gasteiger partial charge < -0.3 is 4.79 Å². The van der Waals surface area contributed by atoms with Gasteiger partial charge in [0, 0.05) is 12.1 Å². The molecule has 5 heteroatoms. The summed E-state index contributed by atoms with van der Waals surface area (Å²) < 4.78 is 36.7. The van der Waals surface area contributed by atoms with Crippen LogP contribution in [0.5, 0.6) is 0 Å². The van der Waals surface area contributed by atoms with E-state index in [4.69, 9.17) is 0 Å². The van der Waals surface area contributed by atoms with E-state index in [9.17, 15) is 18.0 Å². The molecule has 0 unspecified atom stereocenters. The van der Waals surface area contributed by atoms with Crippen LogP contribution in [0, 0.1) is 6.92 Å². The van der Waals surface area contributed by atoms with Gasteiger partial charge in [-0.3, -0.25) is 0 Å². The summed E-state index contributed by atoms with van der Waals surface area (Å²) >= 11 is 0. The lowest BCUT2D eigenvalue weighted by atomic mass is 10.1. The Labute approximate surface area is 78.8 Å². The van der Waals surface area contributed by atoms with Crippen LogP contribution in [0.15, 0.2) is 12.1 Å². The van der Waals surface area contributed by atoms with Gasteiger partial charge in [0.05, 0.1) is 0 Å². The van der Waals surface area contributed by atoms with Gasteiger partial charge in [-0.15, -0.1) is 0 Å². The number of hydrogen-bond donors (Lipinski definition) is 0. The van der Waals surface area contributed by atoms with Gasteiger partial charge in [-0.25, -0.2) is 4.98 Å². The van der Waals surface area contributed by atoms with Gasteiger partial charge in [-0.2, -0.15) is 13.2 Å². The summed E-state index contributed by atoms with van der Waals surface area (Å²) in [7, 11) is 0. The number of pyridine rings is 1. The second kappa shape index (κ2) is 3.77. The Morgan fingerprint density at radius 1 is 1.43 bits per heavy atom. The Balaban J connectivity index is 3.13. The number of aromatic nitrogens is 1. The number of aryl methyl sites for hydroxylation is 1. The van der Waals surface area contributed by atoms with E-state index in [2.05, 4.69) is 4.98 Å². The highest BCUT2D eigenvalue weighted by Gasteiger charge is 2.32. The zero-order chi connectivity index (χ0) is 10.8. The van der Waals surface area contributed by atoms with Crippen molar-refractivity contribution < 1.29 is 18.0 Å². The molecule has 0 aliphatic carbocycles. The minimum absolute atomic E-state index is 0.0214. The fraction of sp³-hybridized carbons (Fsp3) is 0.333. The van der Waals surface area contributed by atoms with Crippen LogP contribution in [0.4, 0.5) is 13.2 Å². The summed E-state index contributed by atoms with van der Waals surface area (Å²) in [4.78, 5) is 13.5. The van der Waals surface area contributed by atoms with Crippen LogP contribution in [-0.4, -0.2) is 11.3 Å². The number of aldehydes is 1. The highest BCUT2D eigenvalue weighted by Crippen LogP contribution is 2.28. The summed E-state index contributed by atoms with van der Waals surface area (Å²) in [6.45, 7) is 1.46. The minimum atomic E-state index is -4.45. The van der Waals surface area contributed by atoms with Crippen LogP contribution in [0.1, 0.15) is 17.0 Å². The number of halogens is 3. The molecule has 0 amide bonds. The molecule has 0 N–H and O–H groups in total. The van der Waals surface area contributed by atoms with Crippen molar-refractivity contribution in [2.45, 2.75) is 19.5 Å². The smallest absolute Gasteiger partial charge is 0.303 e. The summed E-state index contributed by atoms with van der Waals surface area (Å²) in [5.74, 6) is 0. The molecular weight excluding hydrogens is 195 g/mol. The van der Waals surface area contributed by atoms with Crippen molar-refractivity contribution in [3.05, 3.63) is 29.1 Å². The van der Waals surface area contributed by atoms with Crippen molar-refractivity contribution in [2.24, 2.45) is 0 Å². The second-order valence-electron chi connectivity index (χ2n) is 2.87. The third kappa shape index (κ3) is 2.55. The molecule has 0 saturated heterocycles. The van der Waals surface area contributed by atoms with Gasteiger partial charge in [0.2, 0.25) is 0 Å². The van der Waals surface area contributed by atoms with Crippen molar-refractivity contribution in [1.82, 2.24) is 4.98 Å². The monoisotopic (exact) mass is 203 g/mol. The maximum absolute atomic E-state index is 12.2. The summed E-state index contributed by atoms with van der Waals surface area (Å²) in [6, 6.07) is 2.35. The van der Waals surface area contributed by atoms with Crippen LogP contribution >= 0.6 is 0 Å². The quantitative estimate of drug-likeness (QED) is 0.689. The fourth-order valence-electron chi connectivity index (χ4n) is 1.10. The molecular formula is C9H8F3NO. The van der Waals surface area contributed by atoms with Crippen LogP contribution < -0.4 is 0 Å². The van der Waals surface area contributed by atoms with E-state index in [0.29, 0.717) is 11.8 Å². The van der Waals surface area contributed by atoms with Gasteiger partial charge in [0.15, 0.2) is 0 Å². The zero-order valence-electron chi connectivity index (χ0n) is 7.43. The number of carbonyl (C=O) groups excluding carboxylic acids is 1. The van der Waals surface area contributed by atoms with Crippen LogP contribution in [0.2, 0.25) is 0 Å². The van der Waals surface area contributed by atoms with E-state index in [1.807, 2.05) is 0 Å². The average Bonchev–Trinajstić information content (AvgIpc) is 2.02. The van der Waals surface area contributed by atoms with E-state index in [1.54, 1.807) is 0 Å². The third-order valence-electron chi connectivity index (χ3n) is 1.62. The first-order valence-electron chi connectivity index (χ1n) is 3.92. The number of hydrogen-bond acceptors (Lipinski definition) is 2. The highest BCUT2D eigenvalue weighted by molar-refractivity contribution is 5.55. The van der Waals surface area contributed by atoms with Crippen molar-refractivity contribution >= 4 is 6.29 Å². The Kier molecular flexibility index (Phi) is 2.88. The molecule has 0 spiro atoms. The standard InChI is InChI=1S/C9H8F3NO/c1-6-4-7(2-3-14)5-8(13-6)9(10,11)12/h3-5H,2H2,1H3. The molecule has 1 aromatic rings. The molecule has 0 aromatic carbocycles. The molecule has 1 rings (SSSR count). The SMILES string of the molecule is Cc1cc(CC=O)cc(C(F)(F)F)n1. The van der Waals surface area contributed by atoms with Crippen molar-refractivity contribution in [3.63, 3.8) is 0 Å². The normalized spacial score (nSPS) is 11.4. The van der Waals surface area contributed by atoms with Gasteiger partial charge in [0.25, 0.3) is 0 Å². The Hall–Kier alpha value is -1.39. The lowest BCUT2D eigenvalue weighted by molar-refractivity contribution is -0.141. The van der Waals surface area contributed by atoms with Crippen molar-refractivity contribution in [2.75, 3.05) is 0 Å². The molecule has 0 radical (unpaired) electrons. The first kappa shape index (κ1) is 10.7. The largest absolute Gasteiger partial charge is 0.433 e. The maximum atomic E-state index is 12.2. The molecule has 0 fully saturated rings. The lowest BCUT2D eigenvalue weighted by Gasteiger charge is -2.07. The third-order valence-corrected chi connectivity index (χ3v) is 1.62. The predicted octanol–water partition coefficient (Wildman–Crippen LogP) is 2.15. The van der Waals surface area contributed by atoms with E-state index >= 15 is 0 Å². The Bertz CT molecular complexity index is 346. The predicted molar refractivity (Wildman–Crippen MR) is 43.7 cm³/mol. The van der Waals surface area contributed by atoms with E-state index in [1.165, 1.54) is 13.0 Å². The topological polar surface area (TPSA) is 30.0 Å². The van der Waals surface area contributed by atoms with Crippen LogP contribution in [0.25, 0.3) is 0 Å². The molecule has 0 saturated carbocycles. The molecule has 14 heavy (non-hydrogen) atoms. The molecule has 1 heterocycles. The Morgan fingerprint density at radius 2 is 2.07 bits per heavy atom. The number of carbonyl (C=O) groups is 1.